The molecule has 1 radical (unpaired) electrons. The van der Waals surface area contributed by atoms with Crippen molar-refractivity contribution in [3.05, 3.63) is 90.0 Å². The van der Waals surface area contributed by atoms with Gasteiger partial charge in [0.15, 0.2) is 0 Å². The fourth-order valence-corrected chi connectivity index (χ4v) is 2.46. The standard InChI is InChI=1S/C19H15FN3O/c20-18-12-15(8-10-23-18)17-11-13(7-9-22-17)5-6-14-3-1-2-4-16(14)19(21)24/h1-5,7-12H,6H2,(H2,21,24). The van der Waals surface area contributed by atoms with Gasteiger partial charge in [-0.25, -0.2) is 4.98 Å². The number of primary amides is 1. The van der Waals surface area contributed by atoms with Crippen molar-refractivity contribution in [3.8, 4) is 11.3 Å². The molecule has 0 saturated heterocycles. The lowest BCUT2D eigenvalue weighted by Crippen LogP contribution is -2.13. The van der Waals surface area contributed by atoms with Gasteiger partial charge in [0.25, 0.3) is 0 Å². The lowest BCUT2D eigenvalue weighted by Gasteiger charge is -2.07. The van der Waals surface area contributed by atoms with E-state index in [9.17, 15) is 9.18 Å². The number of pyridine rings is 2. The average Bonchev–Trinajstić information content (AvgIpc) is 2.60. The Morgan fingerprint density at radius 3 is 2.67 bits per heavy atom. The maximum Gasteiger partial charge on any atom is 0.248 e. The third-order valence-corrected chi connectivity index (χ3v) is 3.65. The Hall–Kier alpha value is -3.08. The molecule has 0 unspecified atom stereocenters. The highest BCUT2D eigenvalue weighted by Crippen LogP contribution is 2.20. The topological polar surface area (TPSA) is 68.9 Å². The first-order valence-corrected chi connectivity index (χ1v) is 7.42. The average molecular weight is 320 g/mol. The van der Waals surface area contributed by atoms with E-state index in [4.69, 9.17) is 5.73 Å². The molecule has 0 aliphatic rings. The van der Waals surface area contributed by atoms with E-state index in [1.807, 2.05) is 30.7 Å². The van der Waals surface area contributed by atoms with Crippen molar-refractivity contribution < 1.29 is 9.18 Å². The Bertz CT molecular complexity index is 880. The summed E-state index contributed by atoms with van der Waals surface area (Å²) in [6, 6.07) is 14.0. The summed E-state index contributed by atoms with van der Waals surface area (Å²) in [6.07, 6.45) is 5.61. The predicted molar refractivity (Wildman–Crippen MR) is 89.5 cm³/mol. The molecule has 1 aromatic carbocycles. The Morgan fingerprint density at radius 2 is 1.88 bits per heavy atom. The van der Waals surface area contributed by atoms with E-state index in [-0.39, 0.29) is 0 Å². The molecule has 2 N–H and O–H groups in total. The SMILES string of the molecule is NC(=O)c1ccccc1C[CH]c1ccnc(-c2ccnc(F)c2)c1. The Morgan fingerprint density at radius 1 is 1.08 bits per heavy atom. The molecule has 1 amide bonds. The minimum Gasteiger partial charge on any atom is -0.366 e. The number of amides is 1. The molecule has 5 heteroatoms. The molecule has 0 saturated carbocycles. The number of aromatic nitrogens is 2. The van der Waals surface area contributed by atoms with Crippen LogP contribution in [0.2, 0.25) is 0 Å². The largest absolute Gasteiger partial charge is 0.366 e. The van der Waals surface area contributed by atoms with Gasteiger partial charge in [0.05, 0.1) is 5.69 Å². The molecule has 24 heavy (non-hydrogen) atoms. The van der Waals surface area contributed by atoms with Crippen molar-refractivity contribution in [1.29, 1.82) is 0 Å². The van der Waals surface area contributed by atoms with Crippen LogP contribution in [0.25, 0.3) is 11.3 Å². The summed E-state index contributed by atoms with van der Waals surface area (Å²) in [5.41, 5.74) is 9.02. The third kappa shape index (κ3) is 3.63. The molecule has 2 aromatic heterocycles. The summed E-state index contributed by atoms with van der Waals surface area (Å²) < 4.78 is 13.3. The zero-order valence-corrected chi connectivity index (χ0v) is 12.8. The lowest BCUT2D eigenvalue weighted by molar-refractivity contribution is 0.0999. The van der Waals surface area contributed by atoms with Crippen LogP contribution < -0.4 is 5.73 Å². The van der Waals surface area contributed by atoms with Gasteiger partial charge in [-0.05, 0) is 48.2 Å². The normalized spacial score (nSPS) is 10.5. The van der Waals surface area contributed by atoms with Crippen LogP contribution in [0.3, 0.4) is 0 Å². The summed E-state index contributed by atoms with van der Waals surface area (Å²) in [5.74, 6) is -0.985. The van der Waals surface area contributed by atoms with Crippen molar-refractivity contribution in [3.63, 3.8) is 0 Å². The lowest BCUT2D eigenvalue weighted by atomic mass is 9.99. The maximum atomic E-state index is 13.3. The van der Waals surface area contributed by atoms with Crippen molar-refractivity contribution in [2.45, 2.75) is 6.42 Å². The zero-order valence-electron chi connectivity index (χ0n) is 12.8. The minimum absolute atomic E-state index is 0.443. The van der Waals surface area contributed by atoms with Gasteiger partial charge in [0.2, 0.25) is 11.9 Å². The number of halogens is 1. The molecular weight excluding hydrogens is 305 g/mol. The molecule has 3 aromatic rings. The minimum atomic E-state index is -0.543. The highest BCUT2D eigenvalue weighted by molar-refractivity contribution is 5.94. The van der Waals surface area contributed by atoms with Crippen LogP contribution in [-0.4, -0.2) is 15.9 Å². The molecule has 0 spiro atoms. The highest BCUT2D eigenvalue weighted by Gasteiger charge is 2.08. The van der Waals surface area contributed by atoms with E-state index >= 15 is 0 Å². The quantitative estimate of drug-likeness (QED) is 0.734. The highest BCUT2D eigenvalue weighted by atomic mass is 19.1. The summed E-state index contributed by atoms with van der Waals surface area (Å²) in [7, 11) is 0. The summed E-state index contributed by atoms with van der Waals surface area (Å²) >= 11 is 0. The van der Waals surface area contributed by atoms with Crippen LogP contribution >= 0.6 is 0 Å². The van der Waals surface area contributed by atoms with E-state index in [1.54, 1.807) is 24.4 Å². The fourth-order valence-electron chi connectivity index (χ4n) is 2.46. The first kappa shape index (κ1) is 15.8. The number of benzene rings is 1. The van der Waals surface area contributed by atoms with Gasteiger partial charge in [-0.2, -0.15) is 4.39 Å². The van der Waals surface area contributed by atoms with E-state index in [0.29, 0.717) is 23.2 Å². The number of carbonyl (C=O) groups excluding carboxylic acids is 1. The van der Waals surface area contributed by atoms with Gasteiger partial charge in [-0.3, -0.25) is 9.78 Å². The fraction of sp³-hybridized carbons (Fsp3) is 0.0526. The second kappa shape index (κ2) is 7.00. The van der Waals surface area contributed by atoms with Crippen molar-refractivity contribution in [2.75, 3.05) is 0 Å². The second-order valence-electron chi connectivity index (χ2n) is 5.27. The Balaban J connectivity index is 1.80. The molecule has 0 aliphatic carbocycles. The Labute approximate surface area is 139 Å². The van der Waals surface area contributed by atoms with Gasteiger partial charge in [0, 0.05) is 29.6 Å². The molecule has 2 heterocycles. The summed E-state index contributed by atoms with van der Waals surface area (Å²) in [5, 5.41) is 0. The van der Waals surface area contributed by atoms with Crippen molar-refractivity contribution in [2.24, 2.45) is 5.73 Å². The van der Waals surface area contributed by atoms with Gasteiger partial charge in [0.1, 0.15) is 0 Å². The number of rotatable bonds is 5. The van der Waals surface area contributed by atoms with E-state index in [0.717, 1.165) is 11.1 Å². The molecule has 119 valence electrons. The van der Waals surface area contributed by atoms with Crippen LogP contribution in [0.4, 0.5) is 4.39 Å². The number of hydrogen-bond acceptors (Lipinski definition) is 3. The number of nitrogens with zero attached hydrogens (tertiary/aromatic N) is 2. The second-order valence-corrected chi connectivity index (χ2v) is 5.27. The van der Waals surface area contributed by atoms with Crippen LogP contribution in [-0.2, 0) is 6.42 Å². The summed E-state index contributed by atoms with van der Waals surface area (Å²) in [6.45, 7) is 0. The van der Waals surface area contributed by atoms with Crippen LogP contribution in [0, 0.1) is 12.4 Å². The number of nitrogens with two attached hydrogens (primary N) is 1. The van der Waals surface area contributed by atoms with Crippen molar-refractivity contribution >= 4 is 5.91 Å². The van der Waals surface area contributed by atoms with Gasteiger partial charge in [-0.1, -0.05) is 18.2 Å². The van der Waals surface area contributed by atoms with E-state index < -0.39 is 11.9 Å². The van der Waals surface area contributed by atoms with Crippen LogP contribution in [0.5, 0.6) is 0 Å². The summed E-state index contributed by atoms with van der Waals surface area (Å²) in [4.78, 5) is 19.3. The molecular formula is C19H15FN3O. The first-order valence-electron chi connectivity index (χ1n) is 7.42. The van der Waals surface area contributed by atoms with Crippen LogP contribution in [0.15, 0.2) is 60.9 Å². The van der Waals surface area contributed by atoms with Gasteiger partial charge in [-0.15, -0.1) is 0 Å². The molecule has 4 nitrogen and oxygen atoms in total. The maximum absolute atomic E-state index is 13.3. The van der Waals surface area contributed by atoms with E-state index in [1.165, 1.54) is 12.3 Å². The van der Waals surface area contributed by atoms with Crippen LogP contribution in [0.1, 0.15) is 21.5 Å². The smallest absolute Gasteiger partial charge is 0.248 e. The van der Waals surface area contributed by atoms with Gasteiger partial charge >= 0.3 is 0 Å². The van der Waals surface area contributed by atoms with Crippen molar-refractivity contribution in [1.82, 2.24) is 9.97 Å². The third-order valence-electron chi connectivity index (χ3n) is 3.65. The van der Waals surface area contributed by atoms with Gasteiger partial charge < -0.3 is 5.73 Å². The predicted octanol–water partition coefficient (Wildman–Crippen LogP) is 3.18. The number of carbonyl (C=O) groups is 1. The number of hydrogen-bond donors (Lipinski definition) is 1. The van der Waals surface area contributed by atoms with E-state index in [2.05, 4.69) is 9.97 Å². The first-order chi connectivity index (χ1) is 11.6. The molecule has 0 bridgehead atoms. The molecule has 0 atom stereocenters. The molecule has 0 fully saturated rings. The zero-order chi connectivity index (χ0) is 16.9. The molecule has 0 aliphatic heterocycles. The molecule has 3 rings (SSSR count). The Kier molecular flexibility index (Phi) is 4.61. The monoisotopic (exact) mass is 320 g/mol.